The molecule has 102 valence electrons. The van der Waals surface area contributed by atoms with Gasteiger partial charge in [0.25, 0.3) is 0 Å². The number of rotatable bonds is 4. The third-order valence-electron chi connectivity index (χ3n) is 4.10. The van der Waals surface area contributed by atoms with Gasteiger partial charge < -0.3 is 14.8 Å². The number of hydrogen-bond donors (Lipinski definition) is 1. The standard InChI is InChI=1S/C15H22N4/c1-18-9-7-12(11-18)8-10-19(2)15-16-13-5-3-4-6-14(13)17-15/h3-6,12H,7-11H2,1-2H3,(H,16,17). The molecule has 1 saturated heterocycles. The zero-order valence-corrected chi connectivity index (χ0v) is 11.8. The highest BCUT2D eigenvalue weighted by Crippen LogP contribution is 2.20. The summed E-state index contributed by atoms with van der Waals surface area (Å²) in [6.45, 7) is 3.56. The van der Waals surface area contributed by atoms with E-state index in [4.69, 9.17) is 0 Å². The molecule has 2 heterocycles. The number of benzene rings is 1. The molecule has 4 nitrogen and oxygen atoms in total. The lowest BCUT2D eigenvalue weighted by Gasteiger charge is -2.18. The van der Waals surface area contributed by atoms with Crippen LogP contribution in [0.15, 0.2) is 24.3 Å². The first-order valence-corrected chi connectivity index (χ1v) is 7.07. The summed E-state index contributed by atoms with van der Waals surface area (Å²) in [5.74, 6) is 1.82. The quantitative estimate of drug-likeness (QED) is 0.914. The highest BCUT2D eigenvalue weighted by atomic mass is 15.2. The van der Waals surface area contributed by atoms with Crippen molar-refractivity contribution in [2.45, 2.75) is 12.8 Å². The third-order valence-corrected chi connectivity index (χ3v) is 4.10. The molecule has 2 aromatic rings. The largest absolute Gasteiger partial charge is 0.345 e. The minimum atomic E-state index is 0.844. The van der Waals surface area contributed by atoms with E-state index in [-0.39, 0.29) is 0 Å². The number of para-hydroxylation sites is 2. The summed E-state index contributed by atoms with van der Waals surface area (Å²) >= 11 is 0. The molecule has 3 rings (SSSR count). The molecular formula is C15H22N4. The molecule has 0 amide bonds. The van der Waals surface area contributed by atoms with Crippen LogP contribution in [0.3, 0.4) is 0 Å². The lowest BCUT2D eigenvalue weighted by molar-refractivity contribution is 0.388. The monoisotopic (exact) mass is 258 g/mol. The van der Waals surface area contributed by atoms with Gasteiger partial charge in [0.15, 0.2) is 0 Å². The fourth-order valence-corrected chi connectivity index (χ4v) is 2.86. The summed E-state index contributed by atoms with van der Waals surface area (Å²) in [5.41, 5.74) is 2.16. The van der Waals surface area contributed by atoms with E-state index in [1.165, 1.54) is 25.9 Å². The Labute approximate surface area is 114 Å². The SMILES string of the molecule is CN1CCC(CCN(C)c2nc3ccccc3[nH]2)C1. The molecule has 0 aliphatic carbocycles. The minimum Gasteiger partial charge on any atom is -0.345 e. The van der Waals surface area contributed by atoms with Crippen LogP contribution in [0.4, 0.5) is 5.95 Å². The number of aromatic nitrogens is 2. The summed E-state index contributed by atoms with van der Waals surface area (Å²) in [7, 11) is 4.33. The van der Waals surface area contributed by atoms with Gasteiger partial charge in [0.1, 0.15) is 0 Å². The zero-order chi connectivity index (χ0) is 13.2. The van der Waals surface area contributed by atoms with Crippen LogP contribution >= 0.6 is 0 Å². The number of fused-ring (bicyclic) bond motifs is 1. The van der Waals surface area contributed by atoms with E-state index in [1.54, 1.807) is 0 Å². The van der Waals surface area contributed by atoms with Crippen LogP contribution in [0, 0.1) is 5.92 Å². The molecule has 0 bridgehead atoms. The Morgan fingerprint density at radius 2 is 2.26 bits per heavy atom. The van der Waals surface area contributed by atoms with Crippen LogP contribution < -0.4 is 4.90 Å². The Bertz CT molecular complexity index is 515. The second-order valence-electron chi connectivity index (χ2n) is 5.70. The zero-order valence-electron chi connectivity index (χ0n) is 11.8. The number of H-pyrrole nitrogens is 1. The summed E-state index contributed by atoms with van der Waals surface area (Å²) in [4.78, 5) is 12.7. The van der Waals surface area contributed by atoms with E-state index in [1.807, 2.05) is 12.1 Å². The van der Waals surface area contributed by atoms with E-state index in [0.29, 0.717) is 0 Å². The lowest BCUT2D eigenvalue weighted by Crippen LogP contribution is -2.23. The van der Waals surface area contributed by atoms with E-state index < -0.39 is 0 Å². The van der Waals surface area contributed by atoms with Gasteiger partial charge in [0.2, 0.25) is 5.95 Å². The first kappa shape index (κ1) is 12.5. The highest BCUT2D eigenvalue weighted by Gasteiger charge is 2.19. The number of nitrogens with zero attached hydrogens (tertiary/aromatic N) is 3. The van der Waals surface area contributed by atoms with Crippen molar-refractivity contribution in [3.63, 3.8) is 0 Å². The molecule has 1 fully saturated rings. The van der Waals surface area contributed by atoms with Crippen molar-refractivity contribution in [1.29, 1.82) is 0 Å². The molecule has 1 aromatic carbocycles. The number of likely N-dealkylation sites (tertiary alicyclic amines) is 1. The van der Waals surface area contributed by atoms with Crippen molar-refractivity contribution < 1.29 is 0 Å². The summed E-state index contributed by atoms with van der Waals surface area (Å²) in [6, 6.07) is 8.20. The third kappa shape index (κ3) is 2.73. The van der Waals surface area contributed by atoms with Crippen molar-refractivity contribution in [3.8, 4) is 0 Å². The smallest absolute Gasteiger partial charge is 0.203 e. The maximum absolute atomic E-state index is 4.63. The maximum atomic E-state index is 4.63. The average Bonchev–Trinajstić information content (AvgIpc) is 3.01. The van der Waals surface area contributed by atoms with E-state index in [0.717, 1.165) is 29.4 Å². The van der Waals surface area contributed by atoms with Crippen LogP contribution in [0.1, 0.15) is 12.8 Å². The Balaban J connectivity index is 1.61. The van der Waals surface area contributed by atoms with E-state index in [2.05, 4.69) is 46.0 Å². The normalized spacial score (nSPS) is 20.2. The molecule has 1 aromatic heterocycles. The number of hydrogen-bond acceptors (Lipinski definition) is 3. The van der Waals surface area contributed by atoms with Gasteiger partial charge in [-0.1, -0.05) is 12.1 Å². The molecule has 1 aliphatic rings. The Morgan fingerprint density at radius 3 is 3.00 bits per heavy atom. The molecule has 0 saturated carbocycles. The topological polar surface area (TPSA) is 35.2 Å². The van der Waals surface area contributed by atoms with Gasteiger partial charge in [0.05, 0.1) is 11.0 Å². The first-order chi connectivity index (χ1) is 9.22. The van der Waals surface area contributed by atoms with Gasteiger partial charge in [-0.2, -0.15) is 0 Å². The molecule has 0 radical (unpaired) electrons. The molecule has 1 atom stereocenters. The molecule has 1 N–H and O–H groups in total. The van der Waals surface area contributed by atoms with Crippen LogP contribution in [0.5, 0.6) is 0 Å². The average molecular weight is 258 g/mol. The van der Waals surface area contributed by atoms with Crippen LogP contribution in [-0.4, -0.2) is 48.6 Å². The van der Waals surface area contributed by atoms with Gasteiger partial charge in [-0.25, -0.2) is 4.98 Å². The molecule has 4 heteroatoms. The van der Waals surface area contributed by atoms with Crippen LogP contribution in [-0.2, 0) is 0 Å². The van der Waals surface area contributed by atoms with Crippen LogP contribution in [0.2, 0.25) is 0 Å². The van der Waals surface area contributed by atoms with Gasteiger partial charge >= 0.3 is 0 Å². The fraction of sp³-hybridized carbons (Fsp3) is 0.533. The molecule has 1 aliphatic heterocycles. The van der Waals surface area contributed by atoms with Crippen molar-refractivity contribution >= 4 is 17.0 Å². The fourth-order valence-electron chi connectivity index (χ4n) is 2.86. The predicted octanol–water partition coefficient (Wildman–Crippen LogP) is 2.34. The number of imidazole rings is 1. The maximum Gasteiger partial charge on any atom is 0.203 e. The predicted molar refractivity (Wildman–Crippen MR) is 79.6 cm³/mol. The van der Waals surface area contributed by atoms with E-state index >= 15 is 0 Å². The second kappa shape index (κ2) is 5.21. The molecule has 1 unspecified atom stereocenters. The lowest BCUT2D eigenvalue weighted by atomic mass is 10.1. The molecular weight excluding hydrogens is 236 g/mol. The number of anilines is 1. The van der Waals surface area contributed by atoms with Crippen molar-refractivity contribution in [3.05, 3.63) is 24.3 Å². The van der Waals surface area contributed by atoms with Crippen molar-refractivity contribution in [2.75, 3.05) is 38.6 Å². The Morgan fingerprint density at radius 1 is 1.42 bits per heavy atom. The minimum absolute atomic E-state index is 0.844. The Hall–Kier alpha value is -1.55. The van der Waals surface area contributed by atoms with Crippen molar-refractivity contribution in [2.24, 2.45) is 5.92 Å². The summed E-state index contributed by atoms with van der Waals surface area (Å²) in [5, 5.41) is 0. The first-order valence-electron chi connectivity index (χ1n) is 7.07. The summed E-state index contributed by atoms with van der Waals surface area (Å²) in [6.07, 6.45) is 2.59. The second-order valence-corrected chi connectivity index (χ2v) is 5.70. The molecule has 0 spiro atoms. The number of nitrogens with one attached hydrogen (secondary N) is 1. The van der Waals surface area contributed by atoms with E-state index in [9.17, 15) is 0 Å². The van der Waals surface area contributed by atoms with Gasteiger partial charge in [-0.05, 0) is 44.5 Å². The highest BCUT2D eigenvalue weighted by molar-refractivity contribution is 5.77. The van der Waals surface area contributed by atoms with Crippen LogP contribution in [0.25, 0.3) is 11.0 Å². The van der Waals surface area contributed by atoms with Gasteiger partial charge in [-0.3, -0.25) is 0 Å². The van der Waals surface area contributed by atoms with Gasteiger partial charge in [0, 0.05) is 20.1 Å². The Kier molecular flexibility index (Phi) is 3.42. The number of aromatic amines is 1. The molecule has 19 heavy (non-hydrogen) atoms. The van der Waals surface area contributed by atoms with Gasteiger partial charge in [-0.15, -0.1) is 0 Å². The van der Waals surface area contributed by atoms with Crippen molar-refractivity contribution in [1.82, 2.24) is 14.9 Å². The summed E-state index contributed by atoms with van der Waals surface area (Å²) < 4.78 is 0.